The van der Waals surface area contributed by atoms with Crippen LogP contribution in [-0.2, 0) is 6.54 Å². The van der Waals surface area contributed by atoms with Gasteiger partial charge in [0.2, 0.25) is 0 Å². The quantitative estimate of drug-likeness (QED) is 0.874. The van der Waals surface area contributed by atoms with Crippen molar-refractivity contribution in [1.29, 1.82) is 0 Å². The van der Waals surface area contributed by atoms with Gasteiger partial charge in [-0.1, -0.05) is 12.1 Å². The van der Waals surface area contributed by atoms with Gasteiger partial charge in [-0.2, -0.15) is 0 Å². The van der Waals surface area contributed by atoms with Gasteiger partial charge in [-0.05, 0) is 36.7 Å². The van der Waals surface area contributed by atoms with E-state index in [0.29, 0.717) is 6.04 Å². The molecule has 1 atom stereocenters. The van der Waals surface area contributed by atoms with Crippen molar-refractivity contribution in [3.63, 3.8) is 0 Å². The molecule has 2 heterocycles. The maximum atomic E-state index is 6.28. The number of nitrogens with zero attached hydrogens (tertiary/aromatic N) is 1. The Labute approximate surface area is 117 Å². The Morgan fingerprint density at radius 2 is 1.89 bits per heavy atom. The molecule has 0 fully saturated rings. The molecule has 0 radical (unpaired) electrons. The highest BCUT2D eigenvalue weighted by Gasteiger charge is 2.16. The highest BCUT2D eigenvalue weighted by atomic mass is 32.1. The monoisotopic (exact) mass is 280 g/mol. The number of thiophene rings is 2. The molecule has 1 unspecified atom stereocenters. The summed E-state index contributed by atoms with van der Waals surface area (Å²) in [5.41, 5.74) is 6.28. The van der Waals surface area contributed by atoms with Crippen LogP contribution in [0.4, 0.5) is 0 Å². The topological polar surface area (TPSA) is 29.3 Å². The molecule has 0 aliphatic rings. The minimum atomic E-state index is 0.118. The van der Waals surface area contributed by atoms with Gasteiger partial charge in [0, 0.05) is 28.9 Å². The van der Waals surface area contributed by atoms with E-state index >= 15 is 0 Å². The molecule has 0 saturated carbocycles. The van der Waals surface area contributed by atoms with Gasteiger partial charge in [-0.25, -0.2) is 0 Å². The summed E-state index contributed by atoms with van der Waals surface area (Å²) in [5.74, 6) is 0. The maximum absolute atomic E-state index is 6.28. The van der Waals surface area contributed by atoms with E-state index in [9.17, 15) is 0 Å². The number of hydrogen-bond donors (Lipinski definition) is 1. The van der Waals surface area contributed by atoms with Crippen molar-refractivity contribution >= 4 is 22.7 Å². The van der Waals surface area contributed by atoms with E-state index in [2.05, 4.69) is 53.8 Å². The number of hydrogen-bond acceptors (Lipinski definition) is 4. The van der Waals surface area contributed by atoms with Gasteiger partial charge in [-0.15, -0.1) is 22.7 Å². The van der Waals surface area contributed by atoms with Gasteiger partial charge < -0.3 is 5.73 Å². The fraction of sp³-hybridized carbons (Fsp3) is 0.429. The first-order valence-electron chi connectivity index (χ1n) is 6.22. The zero-order valence-corrected chi connectivity index (χ0v) is 12.5. The van der Waals surface area contributed by atoms with Crippen LogP contribution in [0, 0.1) is 0 Å². The molecule has 2 rings (SSSR count). The highest BCUT2D eigenvalue weighted by molar-refractivity contribution is 7.10. The molecule has 0 bridgehead atoms. The Morgan fingerprint density at radius 1 is 1.17 bits per heavy atom. The minimum Gasteiger partial charge on any atom is -0.322 e. The summed E-state index contributed by atoms with van der Waals surface area (Å²) in [6, 6.07) is 9.12. The Hall–Kier alpha value is -0.680. The second-order valence-electron chi connectivity index (χ2n) is 4.72. The fourth-order valence-corrected chi connectivity index (χ4v) is 3.36. The summed E-state index contributed by atoms with van der Waals surface area (Å²) in [5, 5.41) is 4.22. The summed E-state index contributed by atoms with van der Waals surface area (Å²) in [6.45, 7) is 6.37. The van der Waals surface area contributed by atoms with E-state index in [1.54, 1.807) is 11.3 Å². The second kappa shape index (κ2) is 6.48. The van der Waals surface area contributed by atoms with E-state index in [-0.39, 0.29) is 6.04 Å². The molecule has 0 saturated heterocycles. The molecule has 0 spiro atoms. The van der Waals surface area contributed by atoms with Crippen LogP contribution in [0.2, 0.25) is 0 Å². The minimum absolute atomic E-state index is 0.118. The van der Waals surface area contributed by atoms with Crippen LogP contribution in [0.15, 0.2) is 35.0 Å². The Balaban J connectivity index is 1.98. The number of nitrogens with two attached hydrogens (primary N) is 1. The molecule has 0 amide bonds. The lowest BCUT2D eigenvalue weighted by molar-refractivity contribution is 0.202. The van der Waals surface area contributed by atoms with Crippen molar-refractivity contribution in [1.82, 2.24) is 4.90 Å². The third kappa shape index (κ3) is 3.65. The maximum Gasteiger partial charge on any atom is 0.0519 e. The third-order valence-electron chi connectivity index (χ3n) is 3.01. The van der Waals surface area contributed by atoms with E-state index < -0.39 is 0 Å². The van der Waals surface area contributed by atoms with Crippen LogP contribution in [0.1, 0.15) is 29.6 Å². The predicted octanol–water partition coefficient (Wildman–Crippen LogP) is 3.72. The molecule has 18 heavy (non-hydrogen) atoms. The average molecular weight is 280 g/mol. The van der Waals surface area contributed by atoms with Crippen molar-refractivity contribution in [2.24, 2.45) is 5.73 Å². The van der Waals surface area contributed by atoms with E-state index in [0.717, 1.165) is 13.1 Å². The van der Waals surface area contributed by atoms with E-state index in [1.807, 2.05) is 11.3 Å². The summed E-state index contributed by atoms with van der Waals surface area (Å²) in [4.78, 5) is 5.12. The van der Waals surface area contributed by atoms with Crippen LogP contribution in [0.5, 0.6) is 0 Å². The van der Waals surface area contributed by atoms with Crippen molar-refractivity contribution < 1.29 is 0 Å². The molecule has 2 nitrogen and oxygen atoms in total. The molecular weight excluding hydrogens is 260 g/mol. The van der Waals surface area contributed by atoms with Crippen LogP contribution in [0.3, 0.4) is 0 Å². The van der Waals surface area contributed by atoms with Gasteiger partial charge in [0.1, 0.15) is 0 Å². The first-order valence-corrected chi connectivity index (χ1v) is 7.98. The Morgan fingerprint density at radius 3 is 2.44 bits per heavy atom. The third-order valence-corrected chi connectivity index (χ3v) is 4.87. The van der Waals surface area contributed by atoms with Crippen molar-refractivity contribution in [2.45, 2.75) is 32.5 Å². The van der Waals surface area contributed by atoms with Gasteiger partial charge in [0.15, 0.2) is 0 Å². The standard InChI is InChI=1S/C14H20N2S2/c1-11(2)16(9-12-5-3-7-17-12)10-13(15)14-6-4-8-18-14/h3-8,11,13H,9-10,15H2,1-2H3. The van der Waals surface area contributed by atoms with Gasteiger partial charge in [-0.3, -0.25) is 4.90 Å². The highest BCUT2D eigenvalue weighted by Crippen LogP contribution is 2.21. The van der Waals surface area contributed by atoms with Crippen molar-refractivity contribution in [3.05, 3.63) is 44.8 Å². The predicted molar refractivity (Wildman–Crippen MR) is 81.1 cm³/mol. The Kier molecular flexibility index (Phi) is 4.95. The molecule has 0 aliphatic heterocycles. The summed E-state index contributed by atoms with van der Waals surface area (Å²) >= 11 is 3.56. The average Bonchev–Trinajstić information content (AvgIpc) is 3.00. The lowest BCUT2D eigenvalue weighted by atomic mass is 10.2. The van der Waals surface area contributed by atoms with Crippen LogP contribution >= 0.6 is 22.7 Å². The fourth-order valence-electron chi connectivity index (χ4n) is 1.91. The summed E-state index contributed by atoms with van der Waals surface area (Å²) < 4.78 is 0. The van der Waals surface area contributed by atoms with E-state index in [4.69, 9.17) is 5.73 Å². The molecule has 2 N–H and O–H groups in total. The van der Waals surface area contributed by atoms with Crippen LogP contribution in [0.25, 0.3) is 0 Å². The molecular formula is C14H20N2S2. The lowest BCUT2D eigenvalue weighted by Gasteiger charge is -2.28. The molecule has 0 aromatic carbocycles. The van der Waals surface area contributed by atoms with Gasteiger partial charge in [0.25, 0.3) is 0 Å². The molecule has 2 aromatic heterocycles. The Bertz CT molecular complexity index is 434. The summed E-state index contributed by atoms with van der Waals surface area (Å²) in [7, 11) is 0. The molecule has 4 heteroatoms. The molecule has 98 valence electrons. The van der Waals surface area contributed by atoms with Crippen molar-refractivity contribution in [3.8, 4) is 0 Å². The zero-order chi connectivity index (χ0) is 13.0. The SMILES string of the molecule is CC(C)N(Cc1cccs1)CC(N)c1cccs1. The lowest BCUT2D eigenvalue weighted by Crippen LogP contribution is -2.36. The first kappa shape index (κ1) is 13.7. The second-order valence-corrected chi connectivity index (χ2v) is 6.74. The van der Waals surface area contributed by atoms with E-state index in [1.165, 1.54) is 9.75 Å². The van der Waals surface area contributed by atoms with Crippen molar-refractivity contribution in [2.75, 3.05) is 6.54 Å². The van der Waals surface area contributed by atoms with Gasteiger partial charge >= 0.3 is 0 Å². The first-order chi connectivity index (χ1) is 8.66. The zero-order valence-electron chi connectivity index (χ0n) is 10.9. The van der Waals surface area contributed by atoms with Gasteiger partial charge in [0.05, 0.1) is 6.04 Å². The van der Waals surface area contributed by atoms with Crippen LogP contribution in [-0.4, -0.2) is 17.5 Å². The largest absolute Gasteiger partial charge is 0.322 e. The molecule has 0 aliphatic carbocycles. The summed E-state index contributed by atoms with van der Waals surface area (Å²) in [6.07, 6.45) is 0. The molecule has 2 aromatic rings. The van der Waals surface area contributed by atoms with Crippen LogP contribution < -0.4 is 5.73 Å². The smallest absolute Gasteiger partial charge is 0.0519 e. The normalized spacial score (nSPS) is 13.4. The number of rotatable bonds is 6.